The van der Waals surface area contributed by atoms with E-state index >= 15 is 0 Å². The summed E-state index contributed by atoms with van der Waals surface area (Å²) in [7, 11) is 0. The van der Waals surface area contributed by atoms with Crippen molar-refractivity contribution in [2.75, 3.05) is 6.61 Å². The zero-order chi connectivity index (χ0) is 9.64. The Morgan fingerprint density at radius 2 is 2.14 bits per heavy atom. The summed E-state index contributed by atoms with van der Waals surface area (Å²) in [5, 5.41) is 4.23. The Hall–Kier alpha value is -1.77. The Morgan fingerprint density at radius 1 is 1.29 bits per heavy atom. The molecule has 71 valence electrons. The highest BCUT2D eigenvalue weighted by molar-refractivity contribution is 5.74. The molecule has 0 saturated heterocycles. The van der Waals surface area contributed by atoms with Gasteiger partial charge in [-0.1, -0.05) is 30.3 Å². The molecule has 1 aliphatic rings. The Morgan fingerprint density at radius 3 is 2.86 bits per heavy atom. The minimum absolute atomic E-state index is 0.469. The molecule has 14 heavy (non-hydrogen) atoms. The van der Waals surface area contributed by atoms with Crippen molar-refractivity contribution in [2.45, 2.75) is 6.54 Å². The number of aliphatic imine (C=N–C) groups is 1. The van der Waals surface area contributed by atoms with E-state index in [1.54, 1.807) is 6.20 Å². The molecule has 0 atom stereocenters. The van der Waals surface area contributed by atoms with Gasteiger partial charge in [-0.05, 0) is 11.6 Å². The molecule has 0 bridgehead atoms. The molecule has 1 heterocycles. The number of ether oxygens (including phenoxy) is 1. The van der Waals surface area contributed by atoms with Crippen molar-refractivity contribution in [1.29, 1.82) is 0 Å². The van der Waals surface area contributed by atoms with Crippen molar-refractivity contribution in [3.63, 3.8) is 0 Å². The summed E-state index contributed by atoms with van der Waals surface area (Å²) in [5.74, 6) is 0. The van der Waals surface area contributed by atoms with Crippen LogP contribution in [0.4, 0.5) is 0 Å². The first-order valence-electron chi connectivity index (χ1n) is 4.52. The van der Waals surface area contributed by atoms with Crippen molar-refractivity contribution in [3.8, 4) is 0 Å². The molecule has 1 aliphatic heterocycles. The minimum atomic E-state index is 0.469. The van der Waals surface area contributed by atoms with Gasteiger partial charge in [-0.2, -0.15) is 0 Å². The lowest BCUT2D eigenvalue weighted by molar-refractivity contribution is 0.324. The van der Waals surface area contributed by atoms with E-state index in [2.05, 4.69) is 10.3 Å². The number of hydrogen-bond acceptors (Lipinski definition) is 2. The van der Waals surface area contributed by atoms with E-state index in [0.717, 1.165) is 5.56 Å². The Balaban J connectivity index is 1.88. The van der Waals surface area contributed by atoms with Gasteiger partial charge in [0, 0.05) is 6.20 Å². The van der Waals surface area contributed by atoms with Crippen LogP contribution in [-0.2, 0) is 11.3 Å². The second-order valence-electron chi connectivity index (χ2n) is 2.91. The first kappa shape index (κ1) is 8.81. The number of nitrogens with zero attached hydrogens (tertiary/aromatic N) is 2. The van der Waals surface area contributed by atoms with Crippen LogP contribution < -0.4 is 5.32 Å². The fourth-order valence-corrected chi connectivity index (χ4v) is 1.15. The minimum Gasteiger partial charge on any atom is -0.459 e. The van der Waals surface area contributed by atoms with Crippen LogP contribution in [0.2, 0.25) is 0 Å². The van der Waals surface area contributed by atoms with Gasteiger partial charge in [-0.3, -0.25) is 0 Å². The predicted octanol–water partition coefficient (Wildman–Crippen LogP) is 1.69. The first-order valence-corrected chi connectivity index (χ1v) is 4.52. The van der Waals surface area contributed by atoms with Crippen molar-refractivity contribution in [3.05, 3.63) is 48.2 Å². The molecule has 0 fully saturated rings. The fourth-order valence-electron chi connectivity index (χ4n) is 1.15. The van der Waals surface area contributed by atoms with Gasteiger partial charge in [0.2, 0.25) is 0 Å². The van der Waals surface area contributed by atoms with Gasteiger partial charge in [0.25, 0.3) is 0 Å². The molecular formula is C11H11N2O. The topological polar surface area (TPSA) is 35.7 Å². The van der Waals surface area contributed by atoms with Crippen LogP contribution in [0.5, 0.6) is 0 Å². The standard InChI is InChI=1S/C11H11N2O/c1-2-5-10(6-3-1)9-13-11-12-7-4-8-14-11/h1-7H,8-9H2. The highest BCUT2D eigenvalue weighted by atomic mass is 16.5. The SMILES string of the molecule is C1=CN=C([N]Cc2ccccc2)OC1. The van der Waals surface area contributed by atoms with Crippen LogP contribution >= 0.6 is 0 Å². The normalized spacial score (nSPS) is 14.4. The summed E-state index contributed by atoms with van der Waals surface area (Å²) in [6.07, 6.45) is 3.56. The number of rotatable bonds is 2. The molecule has 0 spiro atoms. The zero-order valence-electron chi connectivity index (χ0n) is 7.76. The predicted molar refractivity (Wildman–Crippen MR) is 54.8 cm³/mol. The van der Waals surface area contributed by atoms with E-state index in [-0.39, 0.29) is 0 Å². The molecule has 0 aliphatic carbocycles. The largest absolute Gasteiger partial charge is 0.459 e. The van der Waals surface area contributed by atoms with Crippen LogP contribution in [0.1, 0.15) is 5.56 Å². The molecule has 1 aromatic rings. The van der Waals surface area contributed by atoms with Crippen molar-refractivity contribution < 1.29 is 4.74 Å². The lowest BCUT2D eigenvalue weighted by Crippen LogP contribution is -2.20. The van der Waals surface area contributed by atoms with Gasteiger partial charge in [0.05, 0.1) is 6.54 Å². The molecule has 0 amide bonds. The highest BCUT2D eigenvalue weighted by Gasteiger charge is 2.02. The van der Waals surface area contributed by atoms with Gasteiger partial charge in [-0.15, -0.1) is 0 Å². The van der Waals surface area contributed by atoms with Crippen LogP contribution in [-0.4, -0.2) is 12.6 Å². The van der Waals surface area contributed by atoms with Gasteiger partial charge in [0.1, 0.15) is 6.61 Å². The van der Waals surface area contributed by atoms with E-state index in [1.165, 1.54) is 0 Å². The number of amidine groups is 1. The van der Waals surface area contributed by atoms with Gasteiger partial charge >= 0.3 is 6.02 Å². The number of hydrogen-bond donors (Lipinski definition) is 0. The lowest BCUT2D eigenvalue weighted by atomic mass is 10.2. The van der Waals surface area contributed by atoms with Crippen molar-refractivity contribution in [1.82, 2.24) is 5.32 Å². The van der Waals surface area contributed by atoms with Gasteiger partial charge < -0.3 is 4.74 Å². The van der Waals surface area contributed by atoms with E-state index in [0.29, 0.717) is 19.2 Å². The lowest BCUT2D eigenvalue weighted by Gasteiger charge is -2.08. The molecule has 0 N–H and O–H groups in total. The quantitative estimate of drug-likeness (QED) is 0.694. The molecule has 3 nitrogen and oxygen atoms in total. The molecule has 2 rings (SSSR count). The van der Waals surface area contributed by atoms with Crippen molar-refractivity contribution >= 4 is 6.02 Å². The average Bonchev–Trinajstić information content (AvgIpc) is 2.29. The third kappa shape index (κ3) is 2.36. The second kappa shape index (κ2) is 4.46. The van der Waals surface area contributed by atoms with E-state index in [9.17, 15) is 0 Å². The maximum atomic E-state index is 5.20. The van der Waals surface area contributed by atoms with Gasteiger partial charge in [0.15, 0.2) is 0 Å². The highest BCUT2D eigenvalue weighted by Crippen LogP contribution is 1.99. The summed E-state index contributed by atoms with van der Waals surface area (Å²) in [5.41, 5.74) is 1.16. The fraction of sp³-hybridized carbons (Fsp3) is 0.182. The molecular weight excluding hydrogens is 176 g/mol. The van der Waals surface area contributed by atoms with Crippen LogP contribution in [0.25, 0.3) is 0 Å². The summed E-state index contributed by atoms with van der Waals surface area (Å²) in [6.45, 7) is 1.19. The Kier molecular flexibility index (Phi) is 2.81. The molecule has 0 saturated carbocycles. The van der Waals surface area contributed by atoms with E-state index in [4.69, 9.17) is 4.74 Å². The smallest absolute Gasteiger partial charge is 0.312 e. The molecule has 1 radical (unpaired) electrons. The van der Waals surface area contributed by atoms with Crippen LogP contribution in [0.15, 0.2) is 47.6 Å². The second-order valence-corrected chi connectivity index (χ2v) is 2.91. The van der Waals surface area contributed by atoms with Crippen LogP contribution in [0, 0.1) is 0 Å². The Bertz CT molecular complexity index is 344. The number of benzene rings is 1. The maximum Gasteiger partial charge on any atom is 0.312 e. The van der Waals surface area contributed by atoms with Crippen molar-refractivity contribution in [2.24, 2.45) is 4.99 Å². The molecule has 3 heteroatoms. The van der Waals surface area contributed by atoms with E-state index < -0.39 is 0 Å². The third-order valence-corrected chi connectivity index (χ3v) is 1.84. The monoisotopic (exact) mass is 187 g/mol. The summed E-state index contributed by atoms with van der Waals surface area (Å²) in [6, 6.07) is 10.5. The zero-order valence-corrected chi connectivity index (χ0v) is 7.76. The third-order valence-electron chi connectivity index (χ3n) is 1.84. The first-order chi connectivity index (χ1) is 6.95. The molecule has 0 unspecified atom stereocenters. The molecule has 1 aromatic carbocycles. The van der Waals surface area contributed by atoms with E-state index in [1.807, 2.05) is 36.4 Å². The summed E-state index contributed by atoms with van der Waals surface area (Å²) < 4.78 is 5.20. The maximum absolute atomic E-state index is 5.20. The average molecular weight is 187 g/mol. The molecule has 0 aromatic heterocycles. The Labute approximate surface area is 83.1 Å². The van der Waals surface area contributed by atoms with Gasteiger partial charge in [-0.25, -0.2) is 10.3 Å². The summed E-state index contributed by atoms with van der Waals surface area (Å²) in [4.78, 5) is 3.99. The summed E-state index contributed by atoms with van der Waals surface area (Å²) >= 11 is 0. The van der Waals surface area contributed by atoms with Crippen LogP contribution in [0.3, 0.4) is 0 Å².